The topological polar surface area (TPSA) is 70.4 Å². The van der Waals surface area contributed by atoms with Crippen molar-refractivity contribution in [3.63, 3.8) is 0 Å². The molecule has 28 heavy (non-hydrogen) atoms. The molecule has 0 aliphatic carbocycles. The number of rotatable bonds is 5. The van der Waals surface area contributed by atoms with Crippen LogP contribution in [-0.2, 0) is 0 Å². The van der Waals surface area contributed by atoms with Crippen molar-refractivity contribution >= 4 is 28.5 Å². The van der Waals surface area contributed by atoms with Gasteiger partial charge in [0.1, 0.15) is 6.33 Å². The number of benzene rings is 2. The van der Waals surface area contributed by atoms with Gasteiger partial charge in [-0.3, -0.25) is 0 Å². The molecule has 0 saturated heterocycles. The average molecular weight is 492 g/mol. The maximum Gasteiger partial charge on any atom is 0.222 e. The van der Waals surface area contributed by atoms with Crippen molar-refractivity contribution < 1.29 is 14.2 Å². The standard InChI is InChI=1S/C20H21IN4O3/c1-26-17-9-8-14(18(27-2)19(17)28-3)16-10-15(12-4-6-13(21)7-5-12)24-20-22-11-23-25(16)20/h4-9,11,15-16H,10H2,1-3H3,(H,22,23,24)/t15-,16+/m0/s1. The van der Waals surface area contributed by atoms with Crippen LogP contribution in [-0.4, -0.2) is 36.1 Å². The minimum Gasteiger partial charge on any atom is -0.493 e. The van der Waals surface area contributed by atoms with Gasteiger partial charge in [0.2, 0.25) is 11.7 Å². The fraction of sp³-hybridized carbons (Fsp3) is 0.300. The van der Waals surface area contributed by atoms with Crippen LogP contribution in [0, 0.1) is 3.57 Å². The van der Waals surface area contributed by atoms with Crippen LogP contribution in [0.15, 0.2) is 42.7 Å². The predicted octanol–water partition coefficient (Wildman–Crippen LogP) is 4.05. The number of aromatic nitrogens is 3. The summed E-state index contributed by atoms with van der Waals surface area (Å²) in [7, 11) is 4.87. The van der Waals surface area contributed by atoms with Crippen molar-refractivity contribution in [2.24, 2.45) is 0 Å². The van der Waals surface area contributed by atoms with Crippen molar-refractivity contribution in [2.75, 3.05) is 26.6 Å². The molecule has 0 saturated carbocycles. The Balaban J connectivity index is 1.80. The van der Waals surface area contributed by atoms with Gasteiger partial charge in [0.25, 0.3) is 0 Å². The van der Waals surface area contributed by atoms with Gasteiger partial charge in [0.15, 0.2) is 11.5 Å². The minimum absolute atomic E-state index is 0.0576. The third kappa shape index (κ3) is 3.25. The molecule has 146 valence electrons. The number of ether oxygens (including phenoxy) is 3. The van der Waals surface area contributed by atoms with Crippen molar-refractivity contribution in [1.29, 1.82) is 0 Å². The van der Waals surface area contributed by atoms with E-state index in [1.54, 1.807) is 27.7 Å². The minimum atomic E-state index is -0.0576. The van der Waals surface area contributed by atoms with Gasteiger partial charge < -0.3 is 19.5 Å². The third-order valence-corrected chi connectivity index (χ3v) is 5.72. The Kier molecular flexibility index (Phi) is 5.29. The molecule has 0 radical (unpaired) electrons. The second kappa shape index (κ2) is 7.86. The maximum absolute atomic E-state index is 5.72. The summed E-state index contributed by atoms with van der Waals surface area (Å²) in [5.41, 5.74) is 2.18. The fourth-order valence-corrected chi connectivity index (χ4v) is 4.04. The molecular weight excluding hydrogens is 471 g/mol. The Morgan fingerprint density at radius 1 is 1.00 bits per heavy atom. The Morgan fingerprint density at radius 3 is 2.43 bits per heavy atom. The number of nitrogens with zero attached hydrogens (tertiary/aromatic N) is 3. The van der Waals surface area contributed by atoms with E-state index >= 15 is 0 Å². The lowest BCUT2D eigenvalue weighted by molar-refractivity contribution is 0.315. The SMILES string of the molecule is COc1ccc([C@H]2C[C@@H](c3ccc(I)cc3)Nc3ncnn32)c(OC)c1OC. The lowest BCUT2D eigenvalue weighted by atomic mass is 9.92. The molecule has 3 aromatic rings. The van der Waals surface area contributed by atoms with Crippen LogP contribution in [0.3, 0.4) is 0 Å². The summed E-state index contributed by atoms with van der Waals surface area (Å²) in [4.78, 5) is 4.40. The van der Waals surface area contributed by atoms with Gasteiger partial charge in [0, 0.05) is 9.13 Å². The molecule has 0 fully saturated rings. The van der Waals surface area contributed by atoms with Gasteiger partial charge in [-0.15, -0.1) is 0 Å². The molecule has 0 spiro atoms. The van der Waals surface area contributed by atoms with E-state index in [-0.39, 0.29) is 12.1 Å². The zero-order valence-electron chi connectivity index (χ0n) is 15.8. The first kappa shape index (κ1) is 18.9. The molecule has 2 aromatic carbocycles. The quantitative estimate of drug-likeness (QED) is 0.542. The molecule has 4 rings (SSSR count). The van der Waals surface area contributed by atoms with Gasteiger partial charge in [-0.05, 0) is 58.8 Å². The van der Waals surface area contributed by atoms with E-state index in [1.807, 2.05) is 16.8 Å². The van der Waals surface area contributed by atoms with Crippen molar-refractivity contribution in [1.82, 2.24) is 14.8 Å². The average Bonchev–Trinajstić information content (AvgIpc) is 3.21. The van der Waals surface area contributed by atoms with E-state index in [1.165, 1.54) is 9.13 Å². The van der Waals surface area contributed by atoms with Gasteiger partial charge in [0.05, 0.1) is 33.4 Å². The molecule has 2 atom stereocenters. The Labute approximate surface area is 177 Å². The highest BCUT2D eigenvalue weighted by molar-refractivity contribution is 14.1. The number of nitrogens with one attached hydrogen (secondary N) is 1. The van der Waals surface area contributed by atoms with Crippen LogP contribution < -0.4 is 19.5 Å². The van der Waals surface area contributed by atoms with Crippen molar-refractivity contribution in [2.45, 2.75) is 18.5 Å². The molecule has 8 heteroatoms. The Hall–Kier alpha value is -2.49. The van der Waals surface area contributed by atoms with Crippen molar-refractivity contribution in [3.8, 4) is 17.2 Å². The number of halogens is 1. The lowest BCUT2D eigenvalue weighted by Gasteiger charge is -2.32. The van der Waals surface area contributed by atoms with E-state index in [9.17, 15) is 0 Å². The smallest absolute Gasteiger partial charge is 0.222 e. The molecule has 0 unspecified atom stereocenters. The number of methoxy groups -OCH3 is 3. The molecule has 0 bridgehead atoms. The van der Waals surface area contributed by atoms with Gasteiger partial charge >= 0.3 is 0 Å². The summed E-state index contributed by atoms with van der Waals surface area (Å²) in [6.07, 6.45) is 2.36. The zero-order valence-corrected chi connectivity index (χ0v) is 18.0. The highest BCUT2D eigenvalue weighted by atomic mass is 127. The van der Waals surface area contributed by atoms with Crippen LogP contribution >= 0.6 is 22.6 Å². The lowest BCUT2D eigenvalue weighted by Crippen LogP contribution is -2.28. The van der Waals surface area contributed by atoms with Crippen LogP contribution in [0.4, 0.5) is 5.95 Å². The molecular formula is C20H21IN4O3. The van der Waals surface area contributed by atoms with E-state index in [0.29, 0.717) is 17.2 Å². The number of hydrogen-bond acceptors (Lipinski definition) is 6. The van der Waals surface area contributed by atoms with Crippen LogP contribution in [0.1, 0.15) is 29.6 Å². The summed E-state index contributed by atoms with van der Waals surface area (Å²) in [6.45, 7) is 0. The van der Waals surface area contributed by atoms with Crippen LogP contribution in [0.2, 0.25) is 0 Å². The molecule has 0 amide bonds. The Bertz CT molecular complexity index is 974. The molecule has 1 aliphatic rings. The summed E-state index contributed by atoms with van der Waals surface area (Å²) in [5, 5.41) is 7.94. The highest BCUT2D eigenvalue weighted by Crippen LogP contribution is 2.46. The number of hydrogen-bond donors (Lipinski definition) is 1. The van der Waals surface area contributed by atoms with Gasteiger partial charge in [-0.2, -0.15) is 10.1 Å². The second-order valence-corrected chi connectivity index (χ2v) is 7.70. The van der Waals surface area contributed by atoms with E-state index < -0.39 is 0 Å². The molecule has 1 aromatic heterocycles. The number of fused-ring (bicyclic) bond motifs is 1. The summed E-state index contributed by atoms with van der Waals surface area (Å²) in [5.74, 6) is 2.59. The normalized spacial score (nSPS) is 18.1. The first-order chi connectivity index (χ1) is 13.7. The summed E-state index contributed by atoms with van der Waals surface area (Å²) < 4.78 is 19.8. The van der Waals surface area contributed by atoms with Crippen molar-refractivity contribution in [3.05, 3.63) is 57.4 Å². The van der Waals surface area contributed by atoms with Crippen LogP contribution in [0.25, 0.3) is 0 Å². The van der Waals surface area contributed by atoms with Crippen LogP contribution in [0.5, 0.6) is 17.2 Å². The molecule has 1 aliphatic heterocycles. The maximum atomic E-state index is 5.72. The largest absolute Gasteiger partial charge is 0.493 e. The predicted molar refractivity (Wildman–Crippen MR) is 114 cm³/mol. The number of anilines is 1. The van der Waals surface area contributed by atoms with E-state index in [4.69, 9.17) is 14.2 Å². The van der Waals surface area contributed by atoms with Gasteiger partial charge in [-0.1, -0.05) is 12.1 Å². The monoisotopic (exact) mass is 492 g/mol. The zero-order chi connectivity index (χ0) is 19.7. The molecule has 1 N–H and O–H groups in total. The van der Waals surface area contributed by atoms with E-state index in [2.05, 4.69) is 62.3 Å². The summed E-state index contributed by atoms with van der Waals surface area (Å²) in [6, 6.07) is 12.5. The summed E-state index contributed by atoms with van der Waals surface area (Å²) >= 11 is 2.31. The fourth-order valence-electron chi connectivity index (χ4n) is 3.68. The first-order valence-corrected chi connectivity index (χ1v) is 9.94. The third-order valence-electron chi connectivity index (χ3n) is 5.00. The molecule has 7 nitrogen and oxygen atoms in total. The molecule has 2 heterocycles. The van der Waals surface area contributed by atoms with E-state index in [0.717, 1.165) is 17.9 Å². The first-order valence-electron chi connectivity index (χ1n) is 8.86. The Morgan fingerprint density at radius 2 is 1.75 bits per heavy atom. The van der Waals surface area contributed by atoms with Gasteiger partial charge in [-0.25, -0.2) is 4.68 Å². The second-order valence-electron chi connectivity index (χ2n) is 6.45. The highest BCUT2D eigenvalue weighted by Gasteiger charge is 2.33.